The van der Waals surface area contributed by atoms with E-state index in [0.717, 1.165) is 38.0 Å². The van der Waals surface area contributed by atoms with Gasteiger partial charge in [0.2, 0.25) is 0 Å². The van der Waals surface area contributed by atoms with Crippen molar-refractivity contribution in [1.29, 1.82) is 0 Å². The summed E-state index contributed by atoms with van der Waals surface area (Å²) in [5, 5.41) is 0. The molecule has 2 unspecified atom stereocenters. The van der Waals surface area contributed by atoms with Crippen molar-refractivity contribution in [1.82, 2.24) is 0 Å². The standard InChI is InChI=1S/C13H22O/c1-3-5-6-7-13(14)12-9-8-11(4-2)10-12/h3,11-12H,1,4-10H2,2H3. The van der Waals surface area contributed by atoms with Crippen LogP contribution in [0.3, 0.4) is 0 Å². The SMILES string of the molecule is C=CCCCC(=O)C1CCC(CC)C1. The van der Waals surface area contributed by atoms with Crippen LogP contribution in [0.25, 0.3) is 0 Å². The summed E-state index contributed by atoms with van der Waals surface area (Å²) in [4.78, 5) is 11.7. The van der Waals surface area contributed by atoms with Gasteiger partial charge in [0.15, 0.2) is 0 Å². The average molecular weight is 194 g/mol. The zero-order valence-corrected chi connectivity index (χ0v) is 9.30. The highest BCUT2D eigenvalue weighted by molar-refractivity contribution is 5.81. The number of Topliss-reactive ketones (excluding diaryl/α,β-unsaturated/α-hetero) is 1. The number of hydrogen-bond acceptors (Lipinski definition) is 1. The van der Waals surface area contributed by atoms with Gasteiger partial charge in [0, 0.05) is 12.3 Å². The minimum absolute atomic E-state index is 0.393. The van der Waals surface area contributed by atoms with Gasteiger partial charge in [-0.1, -0.05) is 19.4 Å². The third-order valence-corrected chi connectivity index (χ3v) is 3.41. The molecule has 2 atom stereocenters. The Morgan fingerprint density at radius 3 is 2.86 bits per heavy atom. The molecule has 80 valence electrons. The average Bonchev–Trinajstić information content (AvgIpc) is 2.66. The highest BCUT2D eigenvalue weighted by Crippen LogP contribution is 2.34. The van der Waals surface area contributed by atoms with Gasteiger partial charge in [0.1, 0.15) is 5.78 Å². The van der Waals surface area contributed by atoms with Gasteiger partial charge in [0.05, 0.1) is 0 Å². The highest BCUT2D eigenvalue weighted by atomic mass is 16.1. The van der Waals surface area contributed by atoms with Crippen LogP contribution < -0.4 is 0 Å². The number of hydrogen-bond donors (Lipinski definition) is 0. The zero-order valence-electron chi connectivity index (χ0n) is 9.30. The summed E-state index contributed by atoms with van der Waals surface area (Å²) in [6.07, 6.45) is 9.47. The molecule has 0 aromatic carbocycles. The molecule has 1 aliphatic rings. The van der Waals surface area contributed by atoms with Crippen LogP contribution in [0.15, 0.2) is 12.7 Å². The Hall–Kier alpha value is -0.590. The van der Waals surface area contributed by atoms with E-state index in [9.17, 15) is 4.79 Å². The highest BCUT2D eigenvalue weighted by Gasteiger charge is 2.27. The summed E-state index contributed by atoms with van der Waals surface area (Å²) in [6, 6.07) is 0. The van der Waals surface area contributed by atoms with Gasteiger partial charge in [-0.25, -0.2) is 0 Å². The lowest BCUT2D eigenvalue weighted by Crippen LogP contribution is -2.10. The van der Waals surface area contributed by atoms with Gasteiger partial charge >= 0.3 is 0 Å². The van der Waals surface area contributed by atoms with Gasteiger partial charge in [-0.05, 0) is 38.0 Å². The number of carbonyl (C=O) groups is 1. The molecule has 0 N–H and O–H groups in total. The molecular formula is C13H22O. The van der Waals surface area contributed by atoms with Crippen LogP contribution in [0.5, 0.6) is 0 Å². The molecule has 1 saturated carbocycles. The van der Waals surface area contributed by atoms with E-state index in [1.807, 2.05) is 6.08 Å². The van der Waals surface area contributed by atoms with Crippen LogP contribution in [0, 0.1) is 11.8 Å². The van der Waals surface area contributed by atoms with Crippen molar-refractivity contribution in [3.05, 3.63) is 12.7 Å². The van der Waals surface area contributed by atoms with Crippen molar-refractivity contribution >= 4 is 5.78 Å². The summed E-state index contributed by atoms with van der Waals surface area (Å²) >= 11 is 0. The third-order valence-electron chi connectivity index (χ3n) is 3.41. The van der Waals surface area contributed by atoms with Gasteiger partial charge in [-0.2, -0.15) is 0 Å². The van der Waals surface area contributed by atoms with Gasteiger partial charge in [-0.15, -0.1) is 6.58 Å². The van der Waals surface area contributed by atoms with E-state index >= 15 is 0 Å². The van der Waals surface area contributed by atoms with Crippen molar-refractivity contribution in [3.8, 4) is 0 Å². The summed E-state index contributed by atoms with van der Waals surface area (Å²) in [6.45, 7) is 5.90. The van der Waals surface area contributed by atoms with Crippen molar-refractivity contribution in [2.45, 2.75) is 51.9 Å². The molecule has 1 fully saturated rings. The van der Waals surface area contributed by atoms with Crippen molar-refractivity contribution < 1.29 is 4.79 Å². The van der Waals surface area contributed by atoms with Gasteiger partial charge in [-0.3, -0.25) is 4.79 Å². The Morgan fingerprint density at radius 2 is 2.29 bits per heavy atom. The fourth-order valence-corrected chi connectivity index (χ4v) is 2.36. The molecule has 14 heavy (non-hydrogen) atoms. The molecule has 1 aliphatic carbocycles. The maximum absolute atomic E-state index is 11.7. The fourth-order valence-electron chi connectivity index (χ4n) is 2.36. The maximum Gasteiger partial charge on any atom is 0.135 e. The lowest BCUT2D eigenvalue weighted by molar-refractivity contribution is -0.122. The van der Waals surface area contributed by atoms with Crippen LogP contribution in [-0.4, -0.2) is 5.78 Å². The zero-order chi connectivity index (χ0) is 10.4. The molecule has 0 amide bonds. The van der Waals surface area contributed by atoms with E-state index in [-0.39, 0.29) is 0 Å². The normalized spacial score (nSPS) is 26.4. The van der Waals surface area contributed by atoms with Crippen LogP contribution in [0.1, 0.15) is 51.9 Å². The topological polar surface area (TPSA) is 17.1 Å². The van der Waals surface area contributed by atoms with E-state index in [2.05, 4.69) is 13.5 Å². The second-order valence-electron chi connectivity index (χ2n) is 4.43. The fraction of sp³-hybridized carbons (Fsp3) is 0.769. The molecule has 1 rings (SSSR count). The Labute approximate surface area is 87.6 Å². The second kappa shape index (κ2) is 6.00. The van der Waals surface area contributed by atoms with Crippen molar-refractivity contribution in [2.24, 2.45) is 11.8 Å². The van der Waals surface area contributed by atoms with E-state index in [1.54, 1.807) is 0 Å². The van der Waals surface area contributed by atoms with Crippen LogP contribution >= 0.6 is 0 Å². The van der Waals surface area contributed by atoms with E-state index < -0.39 is 0 Å². The monoisotopic (exact) mass is 194 g/mol. The molecule has 0 radical (unpaired) electrons. The number of unbranched alkanes of at least 4 members (excludes halogenated alkanes) is 1. The molecule has 0 aromatic heterocycles. The smallest absolute Gasteiger partial charge is 0.135 e. The maximum atomic E-state index is 11.7. The van der Waals surface area contributed by atoms with Crippen LogP contribution in [0.4, 0.5) is 0 Å². The van der Waals surface area contributed by atoms with Gasteiger partial charge < -0.3 is 0 Å². The predicted molar refractivity (Wildman–Crippen MR) is 60.2 cm³/mol. The van der Waals surface area contributed by atoms with E-state index in [4.69, 9.17) is 0 Å². The summed E-state index contributed by atoms with van der Waals surface area (Å²) < 4.78 is 0. The molecule has 0 aliphatic heterocycles. The van der Waals surface area contributed by atoms with Crippen LogP contribution in [0.2, 0.25) is 0 Å². The molecule has 1 heteroatoms. The minimum atomic E-state index is 0.393. The first kappa shape index (κ1) is 11.5. The van der Waals surface area contributed by atoms with E-state index in [1.165, 1.54) is 12.8 Å². The largest absolute Gasteiger partial charge is 0.299 e. The second-order valence-corrected chi connectivity index (χ2v) is 4.43. The number of rotatable bonds is 6. The minimum Gasteiger partial charge on any atom is -0.299 e. The quantitative estimate of drug-likeness (QED) is 0.465. The Morgan fingerprint density at radius 1 is 1.50 bits per heavy atom. The van der Waals surface area contributed by atoms with Crippen molar-refractivity contribution in [3.63, 3.8) is 0 Å². The predicted octanol–water partition coefficient (Wildman–Crippen LogP) is 3.74. The lowest BCUT2D eigenvalue weighted by Gasteiger charge is -2.08. The van der Waals surface area contributed by atoms with Crippen molar-refractivity contribution in [2.75, 3.05) is 0 Å². The first-order valence-corrected chi connectivity index (χ1v) is 5.91. The Bertz CT molecular complexity index is 195. The Kier molecular flexibility index (Phi) is 4.92. The molecule has 0 heterocycles. The molecular weight excluding hydrogens is 172 g/mol. The summed E-state index contributed by atoms with van der Waals surface area (Å²) in [5.41, 5.74) is 0. The van der Waals surface area contributed by atoms with E-state index in [0.29, 0.717) is 11.7 Å². The first-order chi connectivity index (χ1) is 6.77. The number of allylic oxidation sites excluding steroid dienone is 1. The molecule has 0 spiro atoms. The van der Waals surface area contributed by atoms with Gasteiger partial charge in [0.25, 0.3) is 0 Å². The third kappa shape index (κ3) is 3.28. The number of carbonyl (C=O) groups excluding carboxylic acids is 1. The Balaban J connectivity index is 2.21. The molecule has 1 nitrogen and oxygen atoms in total. The molecule has 0 bridgehead atoms. The molecule has 0 aromatic rings. The summed E-state index contributed by atoms with van der Waals surface area (Å²) in [5.74, 6) is 1.72. The summed E-state index contributed by atoms with van der Waals surface area (Å²) in [7, 11) is 0. The first-order valence-electron chi connectivity index (χ1n) is 5.91. The number of ketones is 1. The molecule has 0 saturated heterocycles. The lowest BCUT2D eigenvalue weighted by atomic mass is 9.96. The van der Waals surface area contributed by atoms with Crippen LogP contribution in [-0.2, 0) is 4.79 Å².